The Morgan fingerprint density at radius 1 is 1.08 bits per heavy atom. The normalized spacial score (nSPS) is 11.0. The summed E-state index contributed by atoms with van der Waals surface area (Å²) in [5, 5.41) is 11.4. The highest BCUT2D eigenvalue weighted by Crippen LogP contribution is 2.09. The highest BCUT2D eigenvalue weighted by atomic mass is 16.1. The van der Waals surface area contributed by atoms with Crippen LogP contribution in [0.25, 0.3) is 0 Å². The lowest BCUT2D eigenvalue weighted by Gasteiger charge is -2.08. The summed E-state index contributed by atoms with van der Waals surface area (Å²) < 4.78 is 3.57. The van der Waals surface area contributed by atoms with Gasteiger partial charge in [-0.1, -0.05) is 30.3 Å². The maximum Gasteiger partial charge on any atom is 0.258 e. The Morgan fingerprint density at radius 2 is 1.84 bits per heavy atom. The summed E-state index contributed by atoms with van der Waals surface area (Å²) in [5.41, 5.74) is 2.34. The van der Waals surface area contributed by atoms with Crippen molar-refractivity contribution in [3.63, 3.8) is 0 Å². The van der Waals surface area contributed by atoms with Gasteiger partial charge in [-0.3, -0.25) is 14.2 Å². The third kappa shape index (κ3) is 4.77. The average Bonchev–Trinajstić information content (AvgIpc) is 3.23. The number of anilines is 1. The Hall–Kier alpha value is -2.93. The van der Waals surface area contributed by atoms with Gasteiger partial charge in [-0.2, -0.15) is 10.2 Å². The number of benzene rings is 1. The third-order valence-corrected chi connectivity index (χ3v) is 3.75. The lowest BCUT2D eigenvalue weighted by Crippen LogP contribution is -2.18. The molecule has 2 heterocycles. The van der Waals surface area contributed by atoms with Crippen LogP contribution >= 0.6 is 0 Å². The quantitative estimate of drug-likeness (QED) is 0.715. The topological polar surface area (TPSA) is 68.0 Å². The van der Waals surface area contributed by atoms with E-state index in [1.54, 1.807) is 23.3 Å². The fraction of sp³-hybridized carbons (Fsp3) is 0.278. The number of carbonyl (C=O) groups is 1. The molecule has 2 aromatic heterocycles. The number of amides is 1. The van der Waals surface area contributed by atoms with Crippen LogP contribution in [0.2, 0.25) is 0 Å². The molecular formula is C18H22N6O. The number of hydrogen-bond donors (Lipinski definition) is 1. The van der Waals surface area contributed by atoms with Gasteiger partial charge in [0.25, 0.3) is 5.91 Å². The van der Waals surface area contributed by atoms with E-state index in [0.29, 0.717) is 17.8 Å². The molecule has 1 aromatic carbocycles. The minimum Gasteiger partial charge on any atom is -0.319 e. The molecule has 7 heteroatoms. The first-order chi connectivity index (χ1) is 12.1. The van der Waals surface area contributed by atoms with Crippen LogP contribution in [0.1, 0.15) is 15.9 Å². The molecule has 0 atom stereocenters. The molecule has 0 saturated heterocycles. The highest BCUT2D eigenvalue weighted by molar-refractivity contribution is 6.03. The van der Waals surface area contributed by atoms with Crippen LogP contribution in [0, 0.1) is 0 Å². The van der Waals surface area contributed by atoms with Gasteiger partial charge < -0.3 is 10.2 Å². The van der Waals surface area contributed by atoms with Gasteiger partial charge in [-0.15, -0.1) is 0 Å². The van der Waals surface area contributed by atoms with Gasteiger partial charge >= 0.3 is 0 Å². The molecule has 1 N–H and O–H groups in total. The van der Waals surface area contributed by atoms with Crippen molar-refractivity contribution in [3.05, 3.63) is 66.2 Å². The van der Waals surface area contributed by atoms with Gasteiger partial charge in [0.05, 0.1) is 36.7 Å². The second-order valence-electron chi connectivity index (χ2n) is 6.16. The molecule has 0 aliphatic heterocycles. The van der Waals surface area contributed by atoms with E-state index in [1.807, 2.05) is 55.3 Å². The molecule has 0 spiro atoms. The monoisotopic (exact) mass is 338 g/mol. The molecule has 25 heavy (non-hydrogen) atoms. The summed E-state index contributed by atoms with van der Waals surface area (Å²) >= 11 is 0. The number of nitrogens with zero attached hydrogens (tertiary/aromatic N) is 5. The zero-order valence-corrected chi connectivity index (χ0v) is 14.5. The van der Waals surface area contributed by atoms with Crippen LogP contribution in [-0.4, -0.2) is 51.0 Å². The number of likely N-dealkylation sites (N-methyl/N-ethyl adjacent to an activating group) is 1. The van der Waals surface area contributed by atoms with Gasteiger partial charge in [0.15, 0.2) is 0 Å². The number of nitrogens with one attached hydrogen (secondary N) is 1. The van der Waals surface area contributed by atoms with Crippen LogP contribution in [-0.2, 0) is 13.1 Å². The van der Waals surface area contributed by atoms with E-state index in [-0.39, 0.29) is 5.91 Å². The van der Waals surface area contributed by atoms with E-state index in [9.17, 15) is 4.79 Å². The van der Waals surface area contributed by atoms with Crippen molar-refractivity contribution in [1.29, 1.82) is 0 Å². The zero-order valence-electron chi connectivity index (χ0n) is 14.5. The first-order valence-corrected chi connectivity index (χ1v) is 8.15. The first kappa shape index (κ1) is 16.9. The van der Waals surface area contributed by atoms with Crippen molar-refractivity contribution in [1.82, 2.24) is 24.5 Å². The molecule has 1 amide bonds. The smallest absolute Gasteiger partial charge is 0.258 e. The second kappa shape index (κ2) is 7.76. The zero-order chi connectivity index (χ0) is 17.6. The molecule has 0 saturated carbocycles. The summed E-state index contributed by atoms with van der Waals surface area (Å²) in [6.45, 7) is 2.30. The van der Waals surface area contributed by atoms with Crippen LogP contribution in [0.15, 0.2) is 55.1 Å². The molecule has 130 valence electrons. The van der Waals surface area contributed by atoms with E-state index >= 15 is 0 Å². The lowest BCUT2D eigenvalue weighted by atomic mass is 10.2. The Morgan fingerprint density at radius 3 is 2.60 bits per heavy atom. The fourth-order valence-corrected chi connectivity index (χ4v) is 2.39. The van der Waals surface area contributed by atoms with Crippen molar-refractivity contribution < 1.29 is 4.79 Å². The van der Waals surface area contributed by atoms with Gasteiger partial charge in [0, 0.05) is 18.9 Å². The van der Waals surface area contributed by atoms with Gasteiger partial charge in [0.1, 0.15) is 0 Å². The van der Waals surface area contributed by atoms with Crippen molar-refractivity contribution in [2.75, 3.05) is 26.0 Å². The van der Waals surface area contributed by atoms with Crippen LogP contribution in [0.4, 0.5) is 5.69 Å². The van der Waals surface area contributed by atoms with E-state index in [0.717, 1.165) is 18.7 Å². The largest absolute Gasteiger partial charge is 0.319 e. The summed E-state index contributed by atoms with van der Waals surface area (Å²) in [6.07, 6.45) is 6.81. The molecule has 3 rings (SSSR count). The minimum atomic E-state index is -0.188. The van der Waals surface area contributed by atoms with E-state index in [2.05, 4.69) is 20.4 Å². The first-order valence-electron chi connectivity index (χ1n) is 8.15. The molecule has 7 nitrogen and oxygen atoms in total. The van der Waals surface area contributed by atoms with E-state index in [1.165, 1.54) is 0 Å². The highest BCUT2D eigenvalue weighted by Gasteiger charge is 2.10. The SMILES string of the molecule is CN(C)CCn1cc(NC(=O)c2cnn(Cc3ccccc3)c2)cn1. The van der Waals surface area contributed by atoms with Crippen LogP contribution < -0.4 is 5.32 Å². The number of aromatic nitrogens is 4. The van der Waals surface area contributed by atoms with Gasteiger partial charge in [0.2, 0.25) is 0 Å². The molecule has 0 aliphatic carbocycles. The van der Waals surface area contributed by atoms with Crippen molar-refractivity contribution in [2.45, 2.75) is 13.1 Å². The van der Waals surface area contributed by atoms with Crippen molar-refractivity contribution in [3.8, 4) is 0 Å². The number of rotatable bonds is 7. The van der Waals surface area contributed by atoms with Crippen molar-refractivity contribution in [2.24, 2.45) is 0 Å². The number of carbonyl (C=O) groups excluding carboxylic acids is 1. The molecule has 0 fully saturated rings. The van der Waals surface area contributed by atoms with Gasteiger partial charge in [-0.25, -0.2) is 0 Å². The predicted octanol–water partition coefficient (Wildman–Crippen LogP) is 1.94. The van der Waals surface area contributed by atoms with Crippen LogP contribution in [0.5, 0.6) is 0 Å². The Kier molecular flexibility index (Phi) is 5.25. The summed E-state index contributed by atoms with van der Waals surface area (Å²) in [5.74, 6) is -0.188. The number of hydrogen-bond acceptors (Lipinski definition) is 4. The summed E-state index contributed by atoms with van der Waals surface area (Å²) in [4.78, 5) is 14.4. The summed E-state index contributed by atoms with van der Waals surface area (Å²) in [7, 11) is 4.03. The Labute approximate surface area is 146 Å². The standard InChI is InChI=1S/C18H22N6O/c1-22(2)8-9-23-14-17(11-20-23)21-18(25)16-10-19-24(13-16)12-15-6-4-3-5-7-15/h3-7,10-11,13-14H,8-9,12H2,1-2H3,(H,21,25). The summed E-state index contributed by atoms with van der Waals surface area (Å²) in [6, 6.07) is 10.0. The minimum absolute atomic E-state index is 0.188. The third-order valence-electron chi connectivity index (χ3n) is 3.75. The molecule has 0 bridgehead atoms. The molecule has 3 aromatic rings. The maximum atomic E-state index is 12.3. The van der Waals surface area contributed by atoms with Crippen LogP contribution in [0.3, 0.4) is 0 Å². The Balaban J connectivity index is 1.58. The maximum absolute atomic E-state index is 12.3. The Bertz CT molecular complexity index is 821. The van der Waals surface area contributed by atoms with Crippen molar-refractivity contribution >= 4 is 11.6 Å². The average molecular weight is 338 g/mol. The molecule has 0 radical (unpaired) electrons. The van der Waals surface area contributed by atoms with E-state index < -0.39 is 0 Å². The molecular weight excluding hydrogens is 316 g/mol. The molecule has 0 aliphatic rings. The fourth-order valence-electron chi connectivity index (χ4n) is 2.39. The second-order valence-corrected chi connectivity index (χ2v) is 6.16. The van der Waals surface area contributed by atoms with Gasteiger partial charge in [-0.05, 0) is 19.7 Å². The predicted molar refractivity (Wildman–Crippen MR) is 96.5 cm³/mol. The molecule has 0 unspecified atom stereocenters. The van der Waals surface area contributed by atoms with E-state index in [4.69, 9.17) is 0 Å². The lowest BCUT2D eigenvalue weighted by molar-refractivity contribution is 0.102.